The molecule has 0 saturated heterocycles. The van der Waals surface area contributed by atoms with Gasteiger partial charge in [-0.25, -0.2) is 4.98 Å². The van der Waals surface area contributed by atoms with E-state index in [-0.39, 0.29) is 17.1 Å². The number of Topliss-reactive ketones (excluding diaryl/α,β-unsaturated/α-hetero) is 1. The number of hydrogen-bond acceptors (Lipinski definition) is 5. The highest BCUT2D eigenvalue weighted by Crippen LogP contribution is 2.38. The lowest BCUT2D eigenvalue weighted by atomic mass is 9.78. The van der Waals surface area contributed by atoms with E-state index in [4.69, 9.17) is 0 Å². The second-order valence-electron chi connectivity index (χ2n) is 7.88. The summed E-state index contributed by atoms with van der Waals surface area (Å²) in [7, 11) is 0. The number of aromatic nitrogens is 2. The van der Waals surface area contributed by atoms with Gasteiger partial charge in [-0.15, -0.1) is 0 Å². The molecule has 5 nitrogen and oxygen atoms in total. The van der Waals surface area contributed by atoms with Crippen molar-refractivity contribution in [3.05, 3.63) is 64.3 Å². The molecular formula is C22H21N3O2S. The molecule has 1 aliphatic rings. The minimum absolute atomic E-state index is 0.0902. The fraction of sp³-hybridized carbons (Fsp3) is 0.273. The fourth-order valence-electron chi connectivity index (χ4n) is 3.62. The topological polar surface area (TPSA) is 72.0 Å². The average molecular weight is 391 g/mol. The third kappa shape index (κ3) is 3.47. The van der Waals surface area contributed by atoms with Crippen LogP contribution in [0.25, 0.3) is 11.3 Å². The Kier molecular flexibility index (Phi) is 4.59. The van der Waals surface area contributed by atoms with Crippen molar-refractivity contribution >= 4 is 28.2 Å². The van der Waals surface area contributed by atoms with E-state index in [1.165, 1.54) is 11.3 Å². The number of amides is 1. The number of hydrogen-bond donors (Lipinski definition) is 1. The minimum atomic E-state index is -0.229. The van der Waals surface area contributed by atoms with Crippen molar-refractivity contribution in [2.45, 2.75) is 33.6 Å². The van der Waals surface area contributed by atoms with Gasteiger partial charge < -0.3 is 0 Å². The van der Waals surface area contributed by atoms with E-state index in [0.717, 1.165) is 28.9 Å². The molecule has 1 N–H and O–H groups in total. The van der Waals surface area contributed by atoms with Crippen LogP contribution in [0, 0.1) is 12.3 Å². The number of thiazole rings is 1. The number of nitrogens with one attached hydrogen (secondary N) is 1. The van der Waals surface area contributed by atoms with Gasteiger partial charge in [-0.1, -0.05) is 43.4 Å². The number of nitrogens with zero attached hydrogens (tertiary/aromatic N) is 2. The summed E-state index contributed by atoms with van der Waals surface area (Å²) in [6, 6.07) is 11.3. The summed E-state index contributed by atoms with van der Waals surface area (Å²) >= 11 is 1.27. The third-order valence-corrected chi connectivity index (χ3v) is 6.03. The molecule has 0 saturated carbocycles. The van der Waals surface area contributed by atoms with Gasteiger partial charge in [0, 0.05) is 23.7 Å². The van der Waals surface area contributed by atoms with Crippen LogP contribution in [0.3, 0.4) is 0 Å². The van der Waals surface area contributed by atoms with Crippen LogP contribution in [0.4, 0.5) is 5.13 Å². The SMILES string of the molecule is Cc1c(C(=O)Nc2nc3c(s2)C(=O)CC(C)(C)C3)cccc1-c1ccccn1. The quantitative estimate of drug-likeness (QED) is 0.688. The number of rotatable bonds is 3. The summed E-state index contributed by atoms with van der Waals surface area (Å²) in [5, 5.41) is 3.35. The zero-order valence-corrected chi connectivity index (χ0v) is 16.9. The number of ketones is 1. The lowest BCUT2D eigenvalue weighted by molar-refractivity contribution is 0.0915. The van der Waals surface area contributed by atoms with Gasteiger partial charge in [0.15, 0.2) is 10.9 Å². The maximum Gasteiger partial charge on any atom is 0.257 e. The average Bonchev–Trinajstić information content (AvgIpc) is 3.04. The number of carbonyl (C=O) groups is 2. The molecule has 1 aliphatic carbocycles. The molecule has 0 atom stereocenters. The van der Waals surface area contributed by atoms with Gasteiger partial charge in [0.05, 0.1) is 16.3 Å². The maximum absolute atomic E-state index is 12.9. The molecule has 0 unspecified atom stereocenters. The van der Waals surface area contributed by atoms with Gasteiger partial charge >= 0.3 is 0 Å². The highest BCUT2D eigenvalue weighted by molar-refractivity contribution is 7.17. The first-order chi connectivity index (χ1) is 13.3. The number of benzene rings is 1. The van der Waals surface area contributed by atoms with E-state index >= 15 is 0 Å². The normalized spacial score (nSPS) is 15.2. The maximum atomic E-state index is 12.9. The molecule has 142 valence electrons. The predicted molar refractivity (Wildman–Crippen MR) is 111 cm³/mol. The molecule has 2 heterocycles. The van der Waals surface area contributed by atoms with Crippen LogP contribution >= 0.6 is 11.3 Å². The molecule has 0 fully saturated rings. The largest absolute Gasteiger partial charge is 0.298 e. The van der Waals surface area contributed by atoms with Crippen LogP contribution in [-0.4, -0.2) is 21.7 Å². The first-order valence-electron chi connectivity index (χ1n) is 9.19. The van der Waals surface area contributed by atoms with Gasteiger partial charge in [0.25, 0.3) is 5.91 Å². The number of anilines is 1. The Morgan fingerprint density at radius 2 is 1.96 bits per heavy atom. The van der Waals surface area contributed by atoms with Crippen LogP contribution in [0.5, 0.6) is 0 Å². The standard InChI is InChI=1S/C22H21N3O2S/c1-13-14(16-9-4-5-10-23-16)7-6-8-15(13)20(27)25-21-24-17-11-22(2,3)12-18(26)19(17)28-21/h4-10H,11-12H2,1-3H3,(H,24,25,27). The highest BCUT2D eigenvalue weighted by Gasteiger charge is 2.34. The van der Waals surface area contributed by atoms with E-state index in [9.17, 15) is 9.59 Å². The van der Waals surface area contributed by atoms with Crippen LogP contribution < -0.4 is 5.32 Å². The molecule has 3 aromatic rings. The predicted octanol–water partition coefficient (Wildman–Crippen LogP) is 4.92. The van der Waals surface area contributed by atoms with Crippen molar-refractivity contribution in [3.63, 3.8) is 0 Å². The van der Waals surface area contributed by atoms with E-state index in [1.54, 1.807) is 12.3 Å². The molecule has 6 heteroatoms. The van der Waals surface area contributed by atoms with Gasteiger partial charge in [-0.2, -0.15) is 0 Å². The number of pyridine rings is 1. The molecule has 4 rings (SSSR count). The van der Waals surface area contributed by atoms with Crippen molar-refractivity contribution in [2.75, 3.05) is 5.32 Å². The van der Waals surface area contributed by atoms with Gasteiger partial charge in [-0.3, -0.25) is 19.9 Å². The molecule has 1 amide bonds. The van der Waals surface area contributed by atoms with Crippen LogP contribution in [0.2, 0.25) is 0 Å². The molecule has 2 aromatic heterocycles. The molecule has 0 spiro atoms. The van der Waals surface area contributed by atoms with E-state index in [1.807, 2.05) is 37.3 Å². The Balaban J connectivity index is 1.61. The Labute approximate surface area is 167 Å². The summed E-state index contributed by atoms with van der Waals surface area (Å²) < 4.78 is 0. The lowest BCUT2D eigenvalue weighted by Gasteiger charge is -2.26. The Morgan fingerprint density at radius 3 is 2.71 bits per heavy atom. The third-order valence-electron chi connectivity index (χ3n) is 4.98. The van der Waals surface area contributed by atoms with E-state index < -0.39 is 0 Å². The summed E-state index contributed by atoms with van der Waals surface area (Å²) in [6.07, 6.45) is 3.00. The Morgan fingerprint density at radius 1 is 1.14 bits per heavy atom. The second kappa shape index (κ2) is 6.95. The van der Waals surface area contributed by atoms with Crippen LogP contribution in [0.15, 0.2) is 42.6 Å². The van der Waals surface area contributed by atoms with Gasteiger partial charge in [-0.05, 0) is 42.5 Å². The molecule has 0 bridgehead atoms. The van der Waals surface area contributed by atoms with Gasteiger partial charge in [0.1, 0.15) is 0 Å². The van der Waals surface area contributed by atoms with Crippen molar-refractivity contribution in [1.29, 1.82) is 0 Å². The first-order valence-corrected chi connectivity index (χ1v) is 10.0. The summed E-state index contributed by atoms with van der Waals surface area (Å²) in [5.74, 6) is -0.120. The molecular weight excluding hydrogens is 370 g/mol. The lowest BCUT2D eigenvalue weighted by Crippen LogP contribution is -2.26. The molecule has 0 radical (unpaired) electrons. The van der Waals surface area contributed by atoms with E-state index in [2.05, 4.69) is 29.1 Å². The minimum Gasteiger partial charge on any atom is -0.298 e. The van der Waals surface area contributed by atoms with Crippen molar-refractivity contribution in [1.82, 2.24) is 9.97 Å². The van der Waals surface area contributed by atoms with E-state index in [0.29, 0.717) is 22.0 Å². The monoisotopic (exact) mass is 391 g/mol. The van der Waals surface area contributed by atoms with Crippen molar-refractivity contribution in [2.24, 2.45) is 5.41 Å². The zero-order valence-electron chi connectivity index (χ0n) is 16.1. The molecule has 28 heavy (non-hydrogen) atoms. The summed E-state index contributed by atoms with van der Waals surface area (Å²) in [4.78, 5) is 34.8. The highest BCUT2D eigenvalue weighted by atomic mass is 32.1. The number of carbonyl (C=O) groups excluding carboxylic acids is 2. The van der Waals surface area contributed by atoms with Crippen LogP contribution in [0.1, 0.15) is 51.6 Å². The smallest absolute Gasteiger partial charge is 0.257 e. The summed E-state index contributed by atoms with van der Waals surface area (Å²) in [5.41, 5.74) is 3.88. The molecule has 1 aromatic carbocycles. The first kappa shape index (κ1) is 18.5. The fourth-order valence-corrected chi connectivity index (χ4v) is 4.53. The zero-order chi connectivity index (χ0) is 19.9. The summed E-state index contributed by atoms with van der Waals surface area (Å²) in [6.45, 7) is 6.05. The van der Waals surface area contributed by atoms with Crippen molar-refractivity contribution in [3.8, 4) is 11.3 Å². The Bertz CT molecular complexity index is 1070. The molecule has 0 aliphatic heterocycles. The van der Waals surface area contributed by atoms with Crippen molar-refractivity contribution < 1.29 is 9.59 Å². The van der Waals surface area contributed by atoms with Gasteiger partial charge in [0.2, 0.25) is 0 Å². The number of fused-ring (bicyclic) bond motifs is 1. The van der Waals surface area contributed by atoms with Crippen LogP contribution in [-0.2, 0) is 6.42 Å². The Hall–Kier alpha value is -2.86. The second-order valence-corrected chi connectivity index (χ2v) is 8.88.